The molecule has 92 heavy (non-hydrogen) atoms. The van der Waals surface area contributed by atoms with Crippen LogP contribution in [0.4, 0.5) is 5.82 Å². The van der Waals surface area contributed by atoms with E-state index < -0.39 is 60.8 Å². The lowest BCUT2D eigenvalue weighted by atomic mass is 9.99. The topological polar surface area (TPSA) is 349 Å². The Hall–Kier alpha value is -6.06. The summed E-state index contributed by atoms with van der Waals surface area (Å²) in [6, 6.07) is 5.69. The Labute approximate surface area is 547 Å². The van der Waals surface area contributed by atoms with Crippen molar-refractivity contribution in [1.82, 2.24) is 35.6 Å². The maximum atomic E-state index is 14.5. The lowest BCUT2D eigenvalue weighted by Crippen LogP contribution is -2.47. The number of nitrogens with one attached hydrogen (secondary N) is 4. The molecule has 4 atom stereocenters. The first-order chi connectivity index (χ1) is 44.2. The number of aryl methyl sites for hydroxylation is 1. The van der Waals surface area contributed by atoms with Crippen molar-refractivity contribution in [3.05, 3.63) is 46.2 Å². The maximum Gasteiger partial charge on any atom is 0.361 e. The van der Waals surface area contributed by atoms with E-state index in [9.17, 15) is 52.8 Å². The molecule has 0 bridgehead atoms. The van der Waals surface area contributed by atoms with Crippen molar-refractivity contribution < 1.29 is 85.9 Å². The molecule has 1 aliphatic carbocycles. The number of nitrogens with zero attached hydrogens (tertiary/aromatic N) is 4. The van der Waals surface area contributed by atoms with E-state index in [1.807, 2.05) is 0 Å². The number of ether oxygens (including phenoxy) is 4. The van der Waals surface area contributed by atoms with E-state index in [4.69, 9.17) is 33.1 Å². The van der Waals surface area contributed by atoms with Gasteiger partial charge in [-0.05, 0) is 105 Å². The fourth-order valence-corrected chi connectivity index (χ4v) is 13.0. The number of aliphatic carboxylic acids is 2. The van der Waals surface area contributed by atoms with Crippen LogP contribution in [0.3, 0.4) is 0 Å². The van der Waals surface area contributed by atoms with Gasteiger partial charge in [-0.15, -0.1) is 0 Å². The number of rotatable bonds is 51. The molecule has 3 heterocycles. The number of Topliss-reactive ketones (excluding diaryl/α,β-unsaturated/α-hetero) is 2. The monoisotopic (exact) mass is 1370 g/mol. The minimum atomic E-state index is -3.77. The second kappa shape index (κ2) is 40.9. The van der Waals surface area contributed by atoms with E-state index in [1.165, 1.54) is 48.6 Å². The predicted octanol–water partition coefficient (Wildman–Crippen LogP) is 7.92. The summed E-state index contributed by atoms with van der Waals surface area (Å²) >= 11 is 3.35. The molecular formula is C64H96BrN8O18P. The maximum absolute atomic E-state index is 14.5. The van der Waals surface area contributed by atoms with Crippen LogP contribution in [-0.4, -0.2) is 180 Å². The van der Waals surface area contributed by atoms with E-state index in [2.05, 4.69) is 47.3 Å². The van der Waals surface area contributed by atoms with Crippen molar-refractivity contribution in [3.8, 4) is 0 Å². The van der Waals surface area contributed by atoms with E-state index >= 15 is 0 Å². The van der Waals surface area contributed by atoms with Crippen LogP contribution in [0.15, 0.2) is 34.9 Å². The third-order valence-electron chi connectivity index (χ3n) is 16.1. The molecule has 0 spiro atoms. The normalized spacial score (nSPS) is 16.2. The Morgan fingerprint density at radius 2 is 1.30 bits per heavy atom. The number of piperidine rings is 1. The van der Waals surface area contributed by atoms with E-state index in [0.717, 1.165) is 51.4 Å². The molecule has 1 aromatic carbocycles. The van der Waals surface area contributed by atoms with Gasteiger partial charge in [0.25, 0.3) is 0 Å². The molecule has 5 amide bonds. The predicted molar refractivity (Wildman–Crippen MR) is 345 cm³/mol. The number of carboxylic acids is 2. The van der Waals surface area contributed by atoms with Crippen molar-refractivity contribution in [2.75, 3.05) is 84.5 Å². The molecule has 5 rings (SSSR count). The summed E-state index contributed by atoms with van der Waals surface area (Å²) in [7, 11) is -3.77. The van der Waals surface area contributed by atoms with Crippen molar-refractivity contribution in [1.29, 1.82) is 0 Å². The molecule has 512 valence electrons. The largest absolute Gasteiger partial charge is 0.481 e. The van der Waals surface area contributed by atoms with Gasteiger partial charge in [-0.3, -0.25) is 47.6 Å². The van der Waals surface area contributed by atoms with Gasteiger partial charge in [0.1, 0.15) is 48.0 Å². The second-order valence-corrected chi connectivity index (χ2v) is 26.3. The van der Waals surface area contributed by atoms with Gasteiger partial charge >= 0.3 is 19.5 Å². The first-order valence-electron chi connectivity index (χ1n) is 32.5. The number of amides is 5. The molecule has 28 heteroatoms. The van der Waals surface area contributed by atoms with E-state index in [0.29, 0.717) is 46.1 Å². The number of hydrogen-bond donors (Lipinski definition) is 6. The first kappa shape index (κ1) is 76.7. The van der Waals surface area contributed by atoms with Crippen LogP contribution in [0.25, 0.3) is 10.9 Å². The number of hydrogen-bond acceptors (Lipinski definition) is 18. The van der Waals surface area contributed by atoms with Gasteiger partial charge < -0.3 is 64.4 Å². The summed E-state index contributed by atoms with van der Waals surface area (Å²) in [6.07, 6.45) is 16.6. The highest BCUT2D eigenvalue weighted by molar-refractivity contribution is 9.10. The van der Waals surface area contributed by atoms with Gasteiger partial charge in [-0.1, -0.05) is 83.1 Å². The van der Waals surface area contributed by atoms with Gasteiger partial charge in [0.2, 0.25) is 29.5 Å². The minimum Gasteiger partial charge on any atom is -0.481 e. The Morgan fingerprint density at radius 3 is 1.92 bits per heavy atom. The van der Waals surface area contributed by atoms with Crippen molar-refractivity contribution in [2.45, 2.75) is 194 Å². The molecule has 1 saturated heterocycles. The number of likely N-dealkylation sites (tertiary alicyclic amines) is 1. The molecule has 2 aromatic heterocycles. The molecule has 2 fully saturated rings. The zero-order chi connectivity index (χ0) is 66.9. The highest BCUT2D eigenvalue weighted by Crippen LogP contribution is 2.59. The fourth-order valence-electron chi connectivity index (χ4n) is 11.1. The molecule has 2 aliphatic rings. The van der Waals surface area contributed by atoms with Crippen LogP contribution < -0.4 is 26.6 Å². The van der Waals surface area contributed by atoms with Gasteiger partial charge in [0.05, 0.1) is 57.1 Å². The lowest BCUT2D eigenvalue weighted by Gasteiger charge is -2.27. The van der Waals surface area contributed by atoms with Gasteiger partial charge in [0, 0.05) is 69.1 Å². The lowest BCUT2D eigenvalue weighted by molar-refractivity contribution is -0.142. The van der Waals surface area contributed by atoms with Crippen molar-refractivity contribution in [2.24, 2.45) is 5.41 Å². The smallest absolute Gasteiger partial charge is 0.361 e. The van der Waals surface area contributed by atoms with Gasteiger partial charge in [-0.2, -0.15) is 5.10 Å². The Morgan fingerprint density at radius 1 is 0.696 bits per heavy atom. The van der Waals surface area contributed by atoms with Gasteiger partial charge in [-0.25, -0.2) is 9.78 Å². The number of ketones is 2. The number of fused-ring (bicyclic) bond motifs is 2. The summed E-state index contributed by atoms with van der Waals surface area (Å²) in [5, 5.41) is 34.5. The average molecular weight is 1380 g/mol. The number of benzene rings is 1. The standard InChI is InChI=1S/C64H96BrN8O18P/c1-5-90-92(85,91-6-2)48-26-27-49-51(38-48)72(71-60(49)46(4)74)41-58(79)73-52(62(82)70-61-45(3)25-29-54(65)69-61)39-64(40-53(64)73)44-67-57(78)43-89-37-34-86-32-21-22-47(75)42-88-36-35-87-33-31-66-55(76)30-28-50(63(83)84)68-56(77)23-19-17-15-13-11-9-7-8-10-12-14-16-18-20-24-59(80)81/h25-27,29,38,50,52-53H,5-24,28,30-37,39-44H2,1-4H3,(H,66,76)(H,67,78)(H,68,77)(H,80,81)(H,83,84)(H,69,70,82)/t50-,52-,53+,64-/m0/s1. The van der Waals surface area contributed by atoms with E-state index in [1.54, 1.807) is 51.1 Å². The third-order valence-corrected chi connectivity index (χ3v) is 18.7. The molecule has 3 aromatic rings. The summed E-state index contributed by atoms with van der Waals surface area (Å²) < 4.78 is 48.8. The highest BCUT2D eigenvalue weighted by Gasteiger charge is 2.67. The third kappa shape index (κ3) is 26.4. The van der Waals surface area contributed by atoms with Crippen LogP contribution in [0.2, 0.25) is 0 Å². The van der Waals surface area contributed by atoms with Crippen molar-refractivity contribution >= 4 is 98.6 Å². The number of carboxylic acid groups (broad SMARTS) is 2. The Bertz CT molecular complexity index is 2960. The molecule has 1 saturated carbocycles. The summed E-state index contributed by atoms with van der Waals surface area (Å²) in [6.45, 7) is 7.42. The van der Waals surface area contributed by atoms with Crippen LogP contribution in [0, 0.1) is 12.3 Å². The zero-order valence-electron chi connectivity index (χ0n) is 53.9. The first-order valence-corrected chi connectivity index (χ1v) is 34.8. The number of aromatic nitrogens is 3. The van der Waals surface area contributed by atoms with Crippen LogP contribution in [0.5, 0.6) is 0 Å². The molecule has 1 aliphatic heterocycles. The molecule has 26 nitrogen and oxygen atoms in total. The quantitative estimate of drug-likeness (QED) is 0.0135. The van der Waals surface area contributed by atoms with Crippen LogP contribution in [-0.2, 0) is 77.5 Å². The number of carbonyl (C=O) groups excluding carboxylic acids is 7. The molecule has 0 radical (unpaired) electrons. The Balaban J connectivity index is 0.894. The fraction of sp³-hybridized carbons (Fsp3) is 0.672. The Kier molecular flexibility index (Phi) is 34.1. The summed E-state index contributed by atoms with van der Waals surface area (Å²) in [5.74, 6) is -4.13. The highest BCUT2D eigenvalue weighted by atomic mass is 79.9. The number of unbranched alkanes of at least 4 members (excludes halogenated alkanes) is 13. The van der Waals surface area contributed by atoms with E-state index in [-0.39, 0.29) is 159 Å². The average Bonchev–Trinajstić information content (AvgIpc) is 1.54. The van der Waals surface area contributed by atoms with Crippen molar-refractivity contribution in [3.63, 3.8) is 0 Å². The number of pyridine rings is 1. The minimum absolute atomic E-state index is 0.0498. The van der Waals surface area contributed by atoms with Crippen LogP contribution in [0.1, 0.15) is 178 Å². The summed E-state index contributed by atoms with van der Waals surface area (Å²) in [4.78, 5) is 120. The number of anilines is 1. The van der Waals surface area contributed by atoms with Crippen LogP contribution >= 0.6 is 23.5 Å². The molecule has 6 N–H and O–H groups in total. The number of carbonyl (C=O) groups is 9. The molecule has 0 unspecified atom stereocenters. The second-order valence-electron chi connectivity index (χ2n) is 23.4. The van der Waals surface area contributed by atoms with Gasteiger partial charge in [0.15, 0.2) is 11.6 Å². The summed E-state index contributed by atoms with van der Waals surface area (Å²) in [5.41, 5.74) is 0.532. The zero-order valence-corrected chi connectivity index (χ0v) is 56.4. The molecular weight excluding hydrogens is 1280 g/mol. The number of halogens is 1. The SMILES string of the molecule is CCOP(=O)(OCC)c1ccc2c(C(C)=O)nn(CC(=O)N3[C@H](C(=O)Nc4nc(Br)ccc4C)C[C@@]4(CNC(=O)COCCOCCCC(=O)COCCOCCNC(=O)CC[C@H](NC(=O)CCCCCCCCCCCCCCCCC(=O)O)C(=O)O)C[C@@H]34)c2c1.